The molecule has 116 valence electrons. The predicted octanol–water partition coefficient (Wildman–Crippen LogP) is 3.49. The van der Waals surface area contributed by atoms with E-state index in [1.165, 1.54) is 25.1 Å². The smallest absolute Gasteiger partial charge is 0.221 e. The van der Waals surface area contributed by atoms with Gasteiger partial charge in [-0.25, -0.2) is 8.42 Å². The second-order valence-corrected chi connectivity index (χ2v) is 7.09. The summed E-state index contributed by atoms with van der Waals surface area (Å²) in [5.74, 6) is 0.706. The molecule has 0 heterocycles. The zero-order valence-corrected chi connectivity index (χ0v) is 13.5. The Hall–Kier alpha value is -2.05. The van der Waals surface area contributed by atoms with E-state index in [9.17, 15) is 13.2 Å². The molecule has 5 nitrogen and oxygen atoms in total. The first-order valence-corrected chi connectivity index (χ1v) is 8.58. The molecule has 0 aliphatic heterocycles. The molecule has 0 atom stereocenters. The van der Waals surface area contributed by atoms with Crippen molar-refractivity contribution < 1.29 is 17.9 Å². The Bertz CT molecular complexity index is 801. The highest BCUT2D eigenvalue weighted by Gasteiger charge is 2.11. The molecule has 2 aromatic carbocycles. The second kappa shape index (κ2) is 6.37. The van der Waals surface area contributed by atoms with Gasteiger partial charge < -0.3 is 10.1 Å². The van der Waals surface area contributed by atoms with Gasteiger partial charge >= 0.3 is 0 Å². The third-order valence-corrected chi connectivity index (χ3v) is 4.14. The first-order valence-electron chi connectivity index (χ1n) is 6.31. The molecular formula is C15H14ClNO4S. The third-order valence-electron chi connectivity index (χ3n) is 2.73. The zero-order chi connectivity index (χ0) is 16.3. The van der Waals surface area contributed by atoms with Crippen LogP contribution in [0.15, 0.2) is 47.4 Å². The number of amides is 1. The summed E-state index contributed by atoms with van der Waals surface area (Å²) in [6.45, 7) is 1.42. The van der Waals surface area contributed by atoms with Crippen LogP contribution in [0, 0.1) is 0 Å². The molecule has 0 saturated heterocycles. The standard InChI is InChI=1S/C15H14ClNO4S/c1-10(18)17-11-3-5-12(6-4-11)21-15-8-7-13(9-14(15)16)22(2,19)20/h3-9H,1-2H3,(H,17,18). The highest BCUT2D eigenvalue weighted by molar-refractivity contribution is 7.90. The van der Waals surface area contributed by atoms with E-state index in [0.29, 0.717) is 17.2 Å². The van der Waals surface area contributed by atoms with Crippen molar-refractivity contribution in [3.05, 3.63) is 47.5 Å². The van der Waals surface area contributed by atoms with Gasteiger partial charge in [-0.05, 0) is 42.5 Å². The predicted molar refractivity (Wildman–Crippen MR) is 85.4 cm³/mol. The third kappa shape index (κ3) is 4.22. The molecular weight excluding hydrogens is 326 g/mol. The van der Waals surface area contributed by atoms with Crippen LogP contribution in [0.4, 0.5) is 5.69 Å². The maximum absolute atomic E-state index is 11.4. The van der Waals surface area contributed by atoms with Gasteiger partial charge in [-0.15, -0.1) is 0 Å². The number of hydrogen-bond acceptors (Lipinski definition) is 4. The number of carbonyl (C=O) groups excluding carboxylic acids is 1. The van der Waals surface area contributed by atoms with Crippen LogP contribution in [0.3, 0.4) is 0 Å². The molecule has 0 radical (unpaired) electrons. The summed E-state index contributed by atoms with van der Waals surface area (Å²) >= 11 is 6.04. The van der Waals surface area contributed by atoms with Gasteiger partial charge in [0.05, 0.1) is 9.92 Å². The number of rotatable bonds is 4. The van der Waals surface area contributed by atoms with Crippen molar-refractivity contribution in [3.63, 3.8) is 0 Å². The summed E-state index contributed by atoms with van der Waals surface area (Å²) in [6, 6.07) is 11.0. The van der Waals surface area contributed by atoms with Crippen LogP contribution < -0.4 is 10.1 Å². The lowest BCUT2D eigenvalue weighted by Crippen LogP contribution is -2.05. The molecule has 2 aromatic rings. The Kier molecular flexibility index (Phi) is 4.73. The van der Waals surface area contributed by atoms with Crippen molar-refractivity contribution in [3.8, 4) is 11.5 Å². The molecule has 0 unspecified atom stereocenters. The second-order valence-electron chi connectivity index (χ2n) is 4.67. The summed E-state index contributed by atoms with van der Waals surface area (Å²) in [4.78, 5) is 11.1. The van der Waals surface area contributed by atoms with E-state index >= 15 is 0 Å². The van der Waals surface area contributed by atoms with Crippen LogP contribution in [0.5, 0.6) is 11.5 Å². The van der Waals surface area contributed by atoms with Crippen LogP contribution in [0.2, 0.25) is 5.02 Å². The molecule has 22 heavy (non-hydrogen) atoms. The quantitative estimate of drug-likeness (QED) is 0.925. The van der Waals surface area contributed by atoms with Gasteiger partial charge in [0.1, 0.15) is 11.5 Å². The van der Waals surface area contributed by atoms with Gasteiger partial charge in [0.2, 0.25) is 5.91 Å². The van der Waals surface area contributed by atoms with Crippen molar-refractivity contribution >= 4 is 33.0 Å². The van der Waals surface area contributed by atoms with E-state index in [4.69, 9.17) is 16.3 Å². The average molecular weight is 340 g/mol. The first-order chi connectivity index (χ1) is 10.3. The number of halogens is 1. The fraction of sp³-hybridized carbons (Fsp3) is 0.133. The molecule has 1 amide bonds. The largest absolute Gasteiger partial charge is 0.456 e. The fourth-order valence-electron chi connectivity index (χ4n) is 1.73. The maximum Gasteiger partial charge on any atom is 0.221 e. The minimum absolute atomic E-state index is 0.130. The number of anilines is 1. The lowest BCUT2D eigenvalue weighted by atomic mass is 10.3. The van der Waals surface area contributed by atoms with Crippen molar-refractivity contribution in [2.45, 2.75) is 11.8 Å². The Morgan fingerprint density at radius 2 is 1.77 bits per heavy atom. The number of sulfone groups is 1. The van der Waals surface area contributed by atoms with Crippen LogP contribution in [0.1, 0.15) is 6.92 Å². The van der Waals surface area contributed by atoms with Gasteiger partial charge in [0.15, 0.2) is 9.84 Å². The van der Waals surface area contributed by atoms with Gasteiger partial charge in [-0.1, -0.05) is 11.6 Å². The molecule has 7 heteroatoms. The number of ether oxygens (including phenoxy) is 1. The minimum Gasteiger partial charge on any atom is -0.456 e. The highest BCUT2D eigenvalue weighted by atomic mass is 35.5. The molecule has 1 N–H and O–H groups in total. The Labute approximate surface area is 133 Å². The van der Waals surface area contributed by atoms with Crippen LogP contribution in [0.25, 0.3) is 0 Å². The normalized spacial score (nSPS) is 11.0. The molecule has 0 bridgehead atoms. The van der Waals surface area contributed by atoms with E-state index in [-0.39, 0.29) is 15.8 Å². The van der Waals surface area contributed by atoms with Gasteiger partial charge in [-0.3, -0.25) is 4.79 Å². The van der Waals surface area contributed by atoms with Gasteiger partial charge in [-0.2, -0.15) is 0 Å². The van der Waals surface area contributed by atoms with Crippen molar-refractivity contribution in [2.75, 3.05) is 11.6 Å². The average Bonchev–Trinajstić information content (AvgIpc) is 2.41. The SMILES string of the molecule is CC(=O)Nc1ccc(Oc2ccc(S(C)(=O)=O)cc2Cl)cc1. The maximum atomic E-state index is 11.4. The Morgan fingerprint density at radius 1 is 1.14 bits per heavy atom. The fourth-order valence-corrected chi connectivity index (χ4v) is 2.66. The molecule has 0 fully saturated rings. The highest BCUT2D eigenvalue weighted by Crippen LogP contribution is 2.31. The number of nitrogens with one attached hydrogen (secondary N) is 1. The van der Waals surface area contributed by atoms with Crippen molar-refractivity contribution in [2.24, 2.45) is 0 Å². The van der Waals surface area contributed by atoms with Crippen molar-refractivity contribution in [1.29, 1.82) is 0 Å². The lowest BCUT2D eigenvalue weighted by Gasteiger charge is -2.09. The monoisotopic (exact) mass is 339 g/mol. The van der Waals surface area contributed by atoms with E-state index in [1.54, 1.807) is 24.3 Å². The Balaban J connectivity index is 2.19. The number of hydrogen-bond donors (Lipinski definition) is 1. The van der Waals surface area contributed by atoms with Crippen LogP contribution in [-0.4, -0.2) is 20.6 Å². The summed E-state index contributed by atoms with van der Waals surface area (Å²) in [5, 5.41) is 2.85. The first kappa shape index (κ1) is 16.3. The lowest BCUT2D eigenvalue weighted by molar-refractivity contribution is -0.114. The van der Waals surface area contributed by atoms with E-state index in [2.05, 4.69) is 5.32 Å². The number of carbonyl (C=O) groups is 1. The topological polar surface area (TPSA) is 72.5 Å². The van der Waals surface area contributed by atoms with Crippen LogP contribution >= 0.6 is 11.6 Å². The molecule has 0 aromatic heterocycles. The minimum atomic E-state index is -3.31. The van der Waals surface area contributed by atoms with Gasteiger partial charge in [0.25, 0.3) is 0 Å². The zero-order valence-electron chi connectivity index (χ0n) is 12.0. The summed E-state index contributed by atoms with van der Waals surface area (Å²) in [6.07, 6.45) is 1.11. The number of benzene rings is 2. The summed E-state index contributed by atoms with van der Waals surface area (Å²) in [7, 11) is -3.31. The van der Waals surface area contributed by atoms with Crippen LogP contribution in [-0.2, 0) is 14.6 Å². The molecule has 0 saturated carbocycles. The Morgan fingerprint density at radius 3 is 2.27 bits per heavy atom. The summed E-state index contributed by atoms with van der Waals surface area (Å²) < 4.78 is 28.5. The molecule has 2 rings (SSSR count). The van der Waals surface area contributed by atoms with E-state index in [0.717, 1.165) is 6.26 Å². The molecule has 0 aliphatic rings. The van der Waals surface area contributed by atoms with Crippen molar-refractivity contribution in [1.82, 2.24) is 0 Å². The van der Waals surface area contributed by atoms with E-state index in [1.807, 2.05) is 0 Å². The summed E-state index contributed by atoms with van der Waals surface area (Å²) in [5.41, 5.74) is 0.651. The molecule has 0 spiro atoms. The van der Waals surface area contributed by atoms with Gasteiger partial charge in [0, 0.05) is 18.9 Å². The molecule has 0 aliphatic carbocycles. The van der Waals surface area contributed by atoms with E-state index < -0.39 is 9.84 Å².